The van der Waals surface area contributed by atoms with Crippen LogP contribution in [0.15, 0.2) is 54.6 Å². The first kappa shape index (κ1) is 20.5. The molecule has 1 aliphatic rings. The molecular formula is C24H28N4OS. The molecule has 0 saturated carbocycles. The molecule has 6 heteroatoms. The molecule has 1 saturated heterocycles. The van der Waals surface area contributed by atoms with Crippen molar-refractivity contribution in [3.05, 3.63) is 77.1 Å². The van der Waals surface area contributed by atoms with E-state index in [1.807, 2.05) is 35.2 Å². The summed E-state index contributed by atoms with van der Waals surface area (Å²) in [7, 11) is 0. The van der Waals surface area contributed by atoms with E-state index in [4.69, 9.17) is 4.98 Å². The van der Waals surface area contributed by atoms with Crippen molar-refractivity contribution >= 4 is 22.6 Å². The average Bonchev–Trinajstić information content (AvgIpc) is 3.27. The van der Waals surface area contributed by atoms with Crippen LogP contribution in [0.2, 0.25) is 0 Å². The fraction of sp³-hybridized carbons (Fsp3) is 0.375. The van der Waals surface area contributed by atoms with Crippen molar-refractivity contribution in [2.45, 2.75) is 32.6 Å². The van der Waals surface area contributed by atoms with E-state index in [2.05, 4.69) is 40.5 Å². The Hall–Kier alpha value is -2.73. The number of benzene rings is 2. The number of piperazine rings is 1. The number of carbonyl (C=O) groups excluding carboxylic acids is 1. The van der Waals surface area contributed by atoms with Crippen molar-refractivity contribution in [1.82, 2.24) is 14.3 Å². The third kappa shape index (κ3) is 5.05. The number of aryl methyl sites for hydroxylation is 1. The predicted octanol–water partition coefficient (Wildman–Crippen LogP) is 4.43. The predicted molar refractivity (Wildman–Crippen MR) is 122 cm³/mol. The Morgan fingerprint density at radius 2 is 1.70 bits per heavy atom. The molecule has 0 radical (unpaired) electrons. The molecule has 0 aliphatic carbocycles. The van der Waals surface area contributed by atoms with Gasteiger partial charge in [-0.2, -0.15) is 4.37 Å². The molecule has 4 rings (SSSR count). The van der Waals surface area contributed by atoms with Crippen LogP contribution in [0.3, 0.4) is 0 Å². The molecule has 0 unspecified atom stereocenters. The molecule has 3 aromatic rings. The topological polar surface area (TPSA) is 49.3 Å². The number of anilines is 1. The van der Waals surface area contributed by atoms with Gasteiger partial charge < -0.3 is 9.80 Å². The van der Waals surface area contributed by atoms with Crippen LogP contribution in [-0.4, -0.2) is 46.3 Å². The number of unbranched alkanes of at least 4 members (excludes halogenated alkanes) is 1. The fourth-order valence-electron chi connectivity index (χ4n) is 3.70. The lowest BCUT2D eigenvalue weighted by Crippen LogP contribution is -2.48. The summed E-state index contributed by atoms with van der Waals surface area (Å²) in [4.78, 5) is 21.8. The molecule has 1 fully saturated rings. The van der Waals surface area contributed by atoms with Gasteiger partial charge in [-0.1, -0.05) is 55.8 Å². The van der Waals surface area contributed by atoms with Crippen LogP contribution in [0.25, 0.3) is 0 Å². The molecule has 2 heterocycles. The smallest absolute Gasteiger partial charge is 0.253 e. The van der Waals surface area contributed by atoms with Gasteiger partial charge in [-0.3, -0.25) is 4.79 Å². The minimum atomic E-state index is 0.124. The first-order chi connectivity index (χ1) is 14.7. The molecule has 0 bridgehead atoms. The second-order valence-electron chi connectivity index (χ2n) is 7.74. The van der Waals surface area contributed by atoms with Gasteiger partial charge in [0.25, 0.3) is 5.91 Å². The normalized spacial score (nSPS) is 14.2. The van der Waals surface area contributed by atoms with Crippen molar-refractivity contribution in [1.29, 1.82) is 0 Å². The Labute approximate surface area is 182 Å². The van der Waals surface area contributed by atoms with Crippen LogP contribution >= 0.6 is 11.5 Å². The van der Waals surface area contributed by atoms with Gasteiger partial charge in [0, 0.05) is 49.7 Å². The second-order valence-corrected chi connectivity index (χ2v) is 8.47. The summed E-state index contributed by atoms with van der Waals surface area (Å²) in [5.74, 6) is 0.988. The molecule has 1 aliphatic heterocycles. The Kier molecular flexibility index (Phi) is 6.74. The van der Waals surface area contributed by atoms with E-state index in [0.717, 1.165) is 42.5 Å². The van der Waals surface area contributed by atoms with E-state index in [9.17, 15) is 4.79 Å². The van der Waals surface area contributed by atoms with Gasteiger partial charge in [-0.05, 0) is 36.1 Å². The Morgan fingerprint density at radius 1 is 0.967 bits per heavy atom. The SMILES string of the molecule is CCCCc1ccc(C(=O)N2CCN(c3nc(Cc4ccccc4)ns3)CC2)cc1. The van der Waals surface area contributed by atoms with Gasteiger partial charge in [0.1, 0.15) is 5.82 Å². The van der Waals surface area contributed by atoms with Crippen molar-refractivity contribution in [2.75, 3.05) is 31.1 Å². The van der Waals surface area contributed by atoms with Gasteiger partial charge in [0.15, 0.2) is 0 Å². The summed E-state index contributed by atoms with van der Waals surface area (Å²) >= 11 is 1.45. The van der Waals surface area contributed by atoms with E-state index in [-0.39, 0.29) is 5.91 Å². The van der Waals surface area contributed by atoms with Gasteiger partial charge >= 0.3 is 0 Å². The highest BCUT2D eigenvalue weighted by molar-refractivity contribution is 7.09. The van der Waals surface area contributed by atoms with E-state index in [0.29, 0.717) is 13.1 Å². The number of amides is 1. The van der Waals surface area contributed by atoms with Crippen LogP contribution in [0.4, 0.5) is 5.13 Å². The summed E-state index contributed by atoms with van der Waals surface area (Å²) in [6.07, 6.45) is 4.21. The Morgan fingerprint density at radius 3 is 2.40 bits per heavy atom. The highest BCUT2D eigenvalue weighted by Gasteiger charge is 2.24. The minimum absolute atomic E-state index is 0.124. The Bertz CT molecular complexity index is 947. The lowest BCUT2D eigenvalue weighted by molar-refractivity contribution is 0.0746. The highest BCUT2D eigenvalue weighted by Crippen LogP contribution is 2.21. The van der Waals surface area contributed by atoms with Gasteiger partial charge in [0.05, 0.1) is 0 Å². The first-order valence-corrected chi connectivity index (χ1v) is 11.5. The summed E-state index contributed by atoms with van der Waals surface area (Å²) in [5, 5.41) is 0.952. The van der Waals surface area contributed by atoms with Crippen molar-refractivity contribution in [3.8, 4) is 0 Å². The zero-order valence-corrected chi connectivity index (χ0v) is 18.3. The molecule has 0 N–H and O–H groups in total. The van der Waals surface area contributed by atoms with E-state index >= 15 is 0 Å². The largest absolute Gasteiger partial charge is 0.343 e. The maximum atomic E-state index is 12.9. The molecule has 1 aromatic heterocycles. The molecular weight excluding hydrogens is 392 g/mol. The van der Waals surface area contributed by atoms with Crippen LogP contribution < -0.4 is 4.90 Å². The number of nitrogens with zero attached hydrogens (tertiary/aromatic N) is 4. The molecule has 5 nitrogen and oxygen atoms in total. The summed E-state index contributed by atoms with van der Waals surface area (Å²) < 4.78 is 4.53. The third-order valence-corrected chi connectivity index (χ3v) is 6.33. The lowest BCUT2D eigenvalue weighted by atomic mass is 10.1. The number of aromatic nitrogens is 2. The van der Waals surface area contributed by atoms with Crippen LogP contribution in [-0.2, 0) is 12.8 Å². The molecule has 1 amide bonds. The van der Waals surface area contributed by atoms with Crippen LogP contribution in [0.5, 0.6) is 0 Å². The molecule has 2 aromatic carbocycles. The van der Waals surface area contributed by atoms with E-state index < -0.39 is 0 Å². The standard InChI is InChI=1S/C24H28N4OS/c1-2-3-7-19-10-12-21(13-11-19)23(29)27-14-16-28(17-15-27)24-25-22(26-30-24)18-20-8-5-4-6-9-20/h4-6,8-13H,2-3,7,14-18H2,1H3. The number of carbonyl (C=O) groups is 1. The summed E-state index contributed by atoms with van der Waals surface area (Å²) in [6.45, 7) is 5.21. The van der Waals surface area contributed by atoms with Gasteiger partial charge in [-0.25, -0.2) is 4.98 Å². The number of rotatable bonds is 7. The van der Waals surface area contributed by atoms with Crippen molar-refractivity contribution in [2.24, 2.45) is 0 Å². The quantitative estimate of drug-likeness (QED) is 0.567. The minimum Gasteiger partial charge on any atom is -0.343 e. The monoisotopic (exact) mass is 420 g/mol. The first-order valence-electron chi connectivity index (χ1n) is 10.7. The van der Waals surface area contributed by atoms with E-state index in [1.54, 1.807) is 0 Å². The zero-order chi connectivity index (χ0) is 20.8. The van der Waals surface area contributed by atoms with Crippen LogP contribution in [0, 0.1) is 0 Å². The Balaban J connectivity index is 1.31. The maximum Gasteiger partial charge on any atom is 0.253 e. The molecule has 0 atom stereocenters. The summed E-state index contributed by atoms with van der Waals surface area (Å²) in [6, 6.07) is 18.4. The van der Waals surface area contributed by atoms with Gasteiger partial charge in [-0.15, -0.1) is 0 Å². The van der Waals surface area contributed by atoms with Crippen molar-refractivity contribution < 1.29 is 4.79 Å². The van der Waals surface area contributed by atoms with Crippen LogP contribution in [0.1, 0.15) is 47.1 Å². The zero-order valence-electron chi connectivity index (χ0n) is 17.5. The number of hydrogen-bond donors (Lipinski definition) is 0. The molecule has 156 valence electrons. The van der Waals surface area contributed by atoms with Gasteiger partial charge in [0.2, 0.25) is 5.13 Å². The maximum absolute atomic E-state index is 12.9. The fourth-order valence-corrected chi connectivity index (χ4v) is 4.44. The molecule has 30 heavy (non-hydrogen) atoms. The number of hydrogen-bond acceptors (Lipinski definition) is 5. The highest BCUT2D eigenvalue weighted by atomic mass is 32.1. The third-order valence-electron chi connectivity index (χ3n) is 5.52. The van der Waals surface area contributed by atoms with Crippen molar-refractivity contribution in [3.63, 3.8) is 0 Å². The lowest BCUT2D eigenvalue weighted by Gasteiger charge is -2.34. The molecule has 0 spiro atoms. The average molecular weight is 421 g/mol. The summed E-state index contributed by atoms with van der Waals surface area (Å²) in [5.41, 5.74) is 3.31. The van der Waals surface area contributed by atoms with E-state index in [1.165, 1.54) is 35.5 Å². The second kappa shape index (κ2) is 9.85.